The highest BCUT2D eigenvalue weighted by molar-refractivity contribution is 7.18. The second-order valence-corrected chi connectivity index (χ2v) is 7.68. The molecule has 7 heteroatoms. The number of carbonyl (C=O) groups is 2. The summed E-state index contributed by atoms with van der Waals surface area (Å²) in [4.78, 5) is 34.3. The molecule has 28 heavy (non-hydrogen) atoms. The highest BCUT2D eigenvalue weighted by atomic mass is 32.1. The van der Waals surface area contributed by atoms with Crippen LogP contribution in [0.15, 0.2) is 54.7 Å². The van der Waals surface area contributed by atoms with Gasteiger partial charge in [-0.25, -0.2) is 9.78 Å². The summed E-state index contributed by atoms with van der Waals surface area (Å²) in [6.45, 7) is 1.96. The number of aromatic nitrogens is 2. The maximum atomic E-state index is 12.6. The second kappa shape index (κ2) is 7.44. The zero-order chi connectivity index (χ0) is 19.7. The quantitative estimate of drug-likeness (QED) is 0.521. The van der Waals surface area contributed by atoms with Crippen LogP contribution in [0.25, 0.3) is 21.1 Å². The van der Waals surface area contributed by atoms with Crippen molar-refractivity contribution in [2.75, 3.05) is 7.05 Å². The monoisotopic (exact) mass is 393 g/mol. The van der Waals surface area contributed by atoms with Crippen LogP contribution in [0.5, 0.6) is 0 Å². The number of aromatic amines is 1. The van der Waals surface area contributed by atoms with Crippen molar-refractivity contribution in [1.29, 1.82) is 0 Å². The molecule has 1 unspecified atom stereocenters. The molecule has 2 heterocycles. The summed E-state index contributed by atoms with van der Waals surface area (Å²) in [5.74, 6) is -0.792. The van der Waals surface area contributed by atoms with E-state index in [2.05, 4.69) is 9.97 Å². The van der Waals surface area contributed by atoms with Crippen LogP contribution in [0.3, 0.4) is 0 Å². The Balaban J connectivity index is 1.42. The van der Waals surface area contributed by atoms with Gasteiger partial charge in [-0.15, -0.1) is 11.3 Å². The third kappa shape index (κ3) is 3.48. The number of H-pyrrole nitrogens is 1. The summed E-state index contributed by atoms with van der Waals surface area (Å²) in [5, 5.41) is 1.61. The number of hydrogen-bond acceptors (Lipinski definition) is 5. The molecule has 0 saturated heterocycles. The molecule has 6 nitrogen and oxygen atoms in total. The number of nitrogens with zero attached hydrogens (tertiary/aromatic N) is 2. The first-order chi connectivity index (χ1) is 13.5. The first-order valence-corrected chi connectivity index (χ1v) is 9.71. The standard InChI is InChI=1S/C21H19N3O3S/c1-13(27-21(26)15-11-22-16-8-4-3-7-14(15)16)20(25)24(2)12-19-23-17-9-5-6-10-18(17)28-19/h3-11,13,22H,12H2,1-2H3. The Labute approximate surface area is 165 Å². The number of nitrogens with one attached hydrogen (secondary N) is 1. The van der Waals surface area contributed by atoms with E-state index in [4.69, 9.17) is 4.74 Å². The molecule has 0 fully saturated rings. The number of ether oxygens (including phenoxy) is 1. The number of hydrogen-bond donors (Lipinski definition) is 1. The van der Waals surface area contributed by atoms with Gasteiger partial charge >= 0.3 is 5.97 Å². The number of amides is 1. The van der Waals surface area contributed by atoms with Gasteiger partial charge in [0, 0.05) is 24.1 Å². The molecule has 0 saturated carbocycles. The Morgan fingerprint density at radius 3 is 2.75 bits per heavy atom. The van der Waals surface area contributed by atoms with Crippen molar-refractivity contribution in [3.05, 3.63) is 65.3 Å². The van der Waals surface area contributed by atoms with Gasteiger partial charge in [0.15, 0.2) is 6.10 Å². The van der Waals surface area contributed by atoms with E-state index in [-0.39, 0.29) is 5.91 Å². The number of thiazole rings is 1. The van der Waals surface area contributed by atoms with E-state index < -0.39 is 12.1 Å². The van der Waals surface area contributed by atoms with Crippen LogP contribution >= 0.6 is 11.3 Å². The molecule has 1 atom stereocenters. The first kappa shape index (κ1) is 18.2. The van der Waals surface area contributed by atoms with E-state index in [0.29, 0.717) is 12.1 Å². The molecule has 0 aliphatic rings. The predicted molar refractivity (Wildman–Crippen MR) is 109 cm³/mol. The van der Waals surface area contributed by atoms with Crippen molar-refractivity contribution in [3.8, 4) is 0 Å². The van der Waals surface area contributed by atoms with Crippen LogP contribution in [0.2, 0.25) is 0 Å². The lowest BCUT2D eigenvalue weighted by Gasteiger charge is -2.20. The van der Waals surface area contributed by atoms with E-state index in [0.717, 1.165) is 26.1 Å². The van der Waals surface area contributed by atoms with Gasteiger partial charge in [0.2, 0.25) is 0 Å². The Hall–Kier alpha value is -3.19. The first-order valence-electron chi connectivity index (χ1n) is 8.89. The summed E-state index contributed by atoms with van der Waals surface area (Å²) >= 11 is 1.55. The Bertz CT molecular complexity index is 1130. The fourth-order valence-corrected chi connectivity index (χ4v) is 4.11. The number of likely N-dealkylation sites (N-methyl/N-ethyl adjacent to an activating group) is 1. The van der Waals surface area contributed by atoms with Gasteiger partial charge < -0.3 is 14.6 Å². The number of para-hydroxylation sites is 2. The van der Waals surface area contributed by atoms with Gasteiger partial charge in [-0.2, -0.15) is 0 Å². The number of rotatable bonds is 5. The molecule has 4 rings (SSSR count). The van der Waals surface area contributed by atoms with Gasteiger partial charge in [-0.05, 0) is 25.1 Å². The lowest BCUT2D eigenvalue weighted by atomic mass is 10.2. The van der Waals surface area contributed by atoms with Crippen molar-refractivity contribution in [3.63, 3.8) is 0 Å². The van der Waals surface area contributed by atoms with Crippen LogP contribution in [0.1, 0.15) is 22.3 Å². The molecule has 142 valence electrons. The molecule has 1 N–H and O–H groups in total. The average Bonchev–Trinajstić information content (AvgIpc) is 3.30. The third-order valence-corrected chi connectivity index (χ3v) is 5.55. The largest absolute Gasteiger partial charge is 0.449 e. The number of esters is 1. The van der Waals surface area contributed by atoms with Crippen LogP contribution in [0, 0.1) is 0 Å². The van der Waals surface area contributed by atoms with Crippen molar-refractivity contribution >= 4 is 44.3 Å². The van der Waals surface area contributed by atoms with Crippen molar-refractivity contribution in [1.82, 2.24) is 14.9 Å². The molecule has 0 spiro atoms. The average molecular weight is 393 g/mol. The Kier molecular flexibility index (Phi) is 4.83. The van der Waals surface area contributed by atoms with Crippen molar-refractivity contribution in [2.24, 2.45) is 0 Å². The molecular weight excluding hydrogens is 374 g/mol. The van der Waals surface area contributed by atoms with E-state index in [1.54, 1.807) is 31.5 Å². The normalized spacial score (nSPS) is 12.2. The minimum atomic E-state index is -0.888. The van der Waals surface area contributed by atoms with Gasteiger partial charge in [-0.1, -0.05) is 30.3 Å². The SMILES string of the molecule is CC(OC(=O)c1c[nH]c2ccccc12)C(=O)N(C)Cc1nc2ccccc2s1. The van der Waals surface area contributed by atoms with E-state index in [1.807, 2.05) is 48.5 Å². The summed E-state index contributed by atoms with van der Waals surface area (Å²) in [6.07, 6.45) is 0.718. The Morgan fingerprint density at radius 2 is 1.93 bits per heavy atom. The van der Waals surface area contributed by atoms with E-state index in [9.17, 15) is 9.59 Å². The molecular formula is C21H19N3O3S. The fraction of sp³-hybridized carbons (Fsp3) is 0.190. The molecule has 0 aliphatic heterocycles. The molecule has 0 aliphatic carbocycles. The number of benzene rings is 2. The molecule has 2 aromatic carbocycles. The van der Waals surface area contributed by atoms with Gasteiger partial charge in [0.1, 0.15) is 5.01 Å². The minimum absolute atomic E-state index is 0.271. The highest BCUT2D eigenvalue weighted by Gasteiger charge is 2.24. The fourth-order valence-electron chi connectivity index (χ4n) is 3.09. The summed E-state index contributed by atoms with van der Waals surface area (Å²) < 4.78 is 6.50. The van der Waals surface area contributed by atoms with Crippen molar-refractivity contribution in [2.45, 2.75) is 19.6 Å². The summed E-state index contributed by atoms with van der Waals surface area (Å²) in [7, 11) is 1.68. The minimum Gasteiger partial charge on any atom is -0.449 e. The summed E-state index contributed by atoms with van der Waals surface area (Å²) in [5.41, 5.74) is 2.19. The van der Waals surface area contributed by atoms with Gasteiger partial charge in [0.05, 0.1) is 22.3 Å². The lowest BCUT2D eigenvalue weighted by Crippen LogP contribution is -2.37. The van der Waals surface area contributed by atoms with E-state index >= 15 is 0 Å². The third-order valence-electron chi connectivity index (χ3n) is 4.53. The topological polar surface area (TPSA) is 75.3 Å². The second-order valence-electron chi connectivity index (χ2n) is 6.57. The van der Waals surface area contributed by atoms with Gasteiger partial charge in [-0.3, -0.25) is 4.79 Å². The lowest BCUT2D eigenvalue weighted by molar-refractivity contribution is -0.139. The van der Waals surface area contributed by atoms with Gasteiger partial charge in [0.25, 0.3) is 5.91 Å². The van der Waals surface area contributed by atoms with Crippen LogP contribution in [0.4, 0.5) is 0 Å². The number of carbonyl (C=O) groups excluding carboxylic acids is 2. The van der Waals surface area contributed by atoms with Crippen LogP contribution in [-0.4, -0.2) is 39.9 Å². The molecule has 4 aromatic rings. The summed E-state index contributed by atoms with van der Waals surface area (Å²) in [6, 6.07) is 15.3. The van der Waals surface area contributed by atoms with Crippen molar-refractivity contribution < 1.29 is 14.3 Å². The smallest absolute Gasteiger partial charge is 0.341 e. The highest BCUT2D eigenvalue weighted by Crippen LogP contribution is 2.23. The maximum Gasteiger partial charge on any atom is 0.341 e. The van der Waals surface area contributed by atoms with Crippen LogP contribution < -0.4 is 0 Å². The Morgan fingerprint density at radius 1 is 1.18 bits per heavy atom. The predicted octanol–water partition coefficient (Wildman–Crippen LogP) is 3.98. The molecule has 0 bridgehead atoms. The maximum absolute atomic E-state index is 12.6. The van der Waals surface area contributed by atoms with E-state index in [1.165, 1.54) is 4.90 Å². The molecule has 1 amide bonds. The molecule has 0 radical (unpaired) electrons. The zero-order valence-corrected chi connectivity index (χ0v) is 16.3. The number of fused-ring (bicyclic) bond motifs is 2. The zero-order valence-electron chi connectivity index (χ0n) is 15.5. The van der Waals surface area contributed by atoms with Crippen LogP contribution in [-0.2, 0) is 16.1 Å². The molecule has 2 aromatic heterocycles.